The van der Waals surface area contributed by atoms with Gasteiger partial charge < -0.3 is 21.9 Å². The molecule has 6 N–H and O–H groups in total. The average Bonchev–Trinajstić information content (AvgIpc) is 2.26. The summed E-state index contributed by atoms with van der Waals surface area (Å²) in [5.74, 6) is 0. The van der Waals surface area contributed by atoms with E-state index in [-0.39, 0.29) is 6.04 Å². The maximum Gasteiger partial charge on any atom is 0.0941 e. The van der Waals surface area contributed by atoms with Gasteiger partial charge in [-0.25, -0.2) is 0 Å². The molecule has 0 aromatic heterocycles. The van der Waals surface area contributed by atoms with E-state index in [4.69, 9.17) is 11.5 Å². The lowest BCUT2D eigenvalue weighted by Gasteiger charge is -2.19. The molecule has 0 aliphatic carbocycles. The molecule has 0 heterocycles. The zero-order valence-corrected chi connectivity index (χ0v) is 8.98. The minimum atomic E-state index is -0.626. The van der Waals surface area contributed by atoms with Crippen molar-refractivity contribution in [1.82, 2.24) is 5.32 Å². The third kappa shape index (κ3) is 3.51. The lowest BCUT2D eigenvalue weighted by molar-refractivity contribution is 0.142. The highest BCUT2D eigenvalue weighted by Gasteiger charge is 2.15. The summed E-state index contributed by atoms with van der Waals surface area (Å²) in [6.07, 6.45) is 0.112. The molecule has 2 atom stereocenters. The Hall–Kier alpha value is -1.10. The first-order chi connectivity index (χ1) is 7.15. The van der Waals surface area contributed by atoms with Gasteiger partial charge in [0.2, 0.25) is 0 Å². The molecule has 0 saturated carbocycles. The highest BCUT2D eigenvalue weighted by Crippen LogP contribution is 2.18. The van der Waals surface area contributed by atoms with E-state index in [1.165, 1.54) is 0 Å². The summed E-state index contributed by atoms with van der Waals surface area (Å²) in [5, 5.41) is 12.9. The molecule has 0 radical (unpaired) electrons. The number of aliphatic hydroxyl groups excluding tert-OH is 1. The Morgan fingerprint density at radius 1 is 1.33 bits per heavy atom. The lowest BCUT2D eigenvalue weighted by atomic mass is 10.0. The molecule has 4 heteroatoms. The van der Waals surface area contributed by atoms with Crippen molar-refractivity contribution >= 4 is 5.69 Å². The summed E-state index contributed by atoms with van der Waals surface area (Å²) in [6, 6.07) is 6.89. The third-order valence-electron chi connectivity index (χ3n) is 2.41. The summed E-state index contributed by atoms with van der Waals surface area (Å²) < 4.78 is 0. The molecule has 0 spiro atoms. The Bertz CT molecular complexity index is 286. The number of nitrogens with two attached hydrogens (primary N) is 2. The normalized spacial score (nSPS) is 14.9. The van der Waals surface area contributed by atoms with E-state index in [9.17, 15) is 5.11 Å². The van der Waals surface area contributed by atoms with Crippen molar-refractivity contribution < 1.29 is 5.11 Å². The van der Waals surface area contributed by atoms with Crippen LogP contribution in [0.2, 0.25) is 0 Å². The molecule has 15 heavy (non-hydrogen) atoms. The molecular formula is C11H19N3O. The van der Waals surface area contributed by atoms with Crippen molar-refractivity contribution in [3.05, 3.63) is 29.8 Å². The Kier molecular flexibility index (Phi) is 4.55. The maximum atomic E-state index is 9.91. The number of benzene rings is 1. The van der Waals surface area contributed by atoms with Crippen LogP contribution in [0.5, 0.6) is 0 Å². The number of hydrogen-bond acceptors (Lipinski definition) is 4. The summed E-state index contributed by atoms with van der Waals surface area (Å²) in [5.41, 5.74) is 12.9. The first-order valence-electron chi connectivity index (χ1n) is 5.09. The molecule has 1 aromatic rings. The predicted molar refractivity (Wildman–Crippen MR) is 62.3 cm³/mol. The minimum Gasteiger partial charge on any atom is -0.399 e. The van der Waals surface area contributed by atoms with E-state index in [1.54, 1.807) is 24.3 Å². The van der Waals surface area contributed by atoms with Crippen LogP contribution in [0, 0.1) is 0 Å². The topological polar surface area (TPSA) is 84.3 Å². The van der Waals surface area contributed by atoms with E-state index in [2.05, 4.69) is 5.32 Å². The highest BCUT2D eigenvalue weighted by atomic mass is 16.3. The molecule has 0 aliphatic rings. The summed E-state index contributed by atoms with van der Waals surface area (Å²) >= 11 is 0. The molecule has 1 rings (SSSR count). The Morgan fingerprint density at radius 2 is 1.93 bits per heavy atom. The van der Waals surface area contributed by atoms with Gasteiger partial charge >= 0.3 is 0 Å². The van der Waals surface area contributed by atoms with Crippen molar-refractivity contribution in [2.75, 3.05) is 19.3 Å². The fourth-order valence-electron chi connectivity index (χ4n) is 1.41. The zero-order valence-electron chi connectivity index (χ0n) is 8.98. The SMILES string of the molecule is CNCCC(N)C(O)c1ccc(N)cc1. The van der Waals surface area contributed by atoms with Gasteiger partial charge in [0.05, 0.1) is 6.10 Å². The second-order valence-electron chi connectivity index (χ2n) is 3.67. The number of aliphatic hydroxyl groups is 1. The van der Waals surface area contributed by atoms with Gasteiger partial charge in [-0.1, -0.05) is 12.1 Å². The van der Waals surface area contributed by atoms with Crippen molar-refractivity contribution in [3.63, 3.8) is 0 Å². The Morgan fingerprint density at radius 3 is 2.47 bits per heavy atom. The third-order valence-corrected chi connectivity index (χ3v) is 2.41. The van der Waals surface area contributed by atoms with Gasteiger partial charge in [0, 0.05) is 11.7 Å². The van der Waals surface area contributed by atoms with E-state index in [0.717, 1.165) is 18.5 Å². The quantitative estimate of drug-likeness (QED) is 0.523. The highest BCUT2D eigenvalue weighted by molar-refractivity contribution is 5.40. The minimum absolute atomic E-state index is 0.249. The molecule has 1 aromatic carbocycles. The van der Waals surface area contributed by atoms with Crippen LogP contribution in [0.4, 0.5) is 5.69 Å². The van der Waals surface area contributed by atoms with E-state index >= 15 is 0 Å². The second-order valence-corrected chi connectivity index (χ2v) is 3.67. The second kappa shape index (κ2) is 5.70. The molecule has 4 nitrogen and oxygen atoms in total. The van der Waals surface area contributed by atoms with Gasteiger partial charge in [0.1, 0.15) is 0 Å². The first kappa shape index (κ1) is 12.0. The van der Waals surface area contributed by atoms with E-state index in [1.807, 2.05) is 7.05 Å². The molecule has 0 saturated heterocycles. The molecule has 0 amide bonds. The van der Waals surface area contributed by atoms with Crippen LogP contribution in [0.1, 0.15) is 18.1 Å². The number of nitrogens with one attached hydrogen (secondary N) is 1. The number of hydrogen-bond donors (Lipinski definition) is 4. The molecule has 84 valence electrons. The van der Waals surface area contributed by atoms with Crippen LogP contribution in [0.15, 0.2) is 24.3 Å². The standard InChI is InChI=1S/C11H19N3O/c1-14-7-6-10(13)11(15)8-2-4-9(12)5-3-8/h2-5,10-11,14-15H,6-7,12-13H2,1H3. The van der Waals surface area contributed by atoms with E-state index < -0.39 is 6.10 Å². The van der Waals surface area contributed by atoms with Crippen molar-refractivity contribution in [1.29, 1.82) is 0 Å². The molecular weight excluding hydrogens is 190 g/mol. The van der Waals surface area contributed by atoms with Gasteiger partial charge in [-0.3, -0.25) is 0 Å². The van der Waals surface area contributed by atoms with Crippen LogP contribution in [-0.4, -0.2) is 24.7 Å². The Balaban J connectivity index is 2.59. The van der Waals surface area contributed by atoms with Crippen LogP contribution in [0.3, 0.4) is 0 Å². The van der Waals surface area contributed by atoms with Crippen molar-refractivity contribution in [2.24, 2.45) is 5.73 Å². The van der Waals surface area contributed by atoms with Gasteiger partial charge in [-0.2, -0.15) is 0 Å². The number of nitrogen functional groups attached to an aromatic ring is 1. The predicted octanol–water partition coefficient (Wildman–Crippen LogP) is 0.239. The van der Waals surface area contributed by atoms with Crippen LogP contribution < -0.4 is 16.8 Å². The van der Waals surface area contributed by atoms with Gasteiger partial charge in [-0.05, 0) is 37.7 Å². The largest absolute Gasteiger partial charge is 0.399 e. The summed E-state index contributed by atoms with van der Waals surface area (Å²) in [6.45, 7) is 0.799. The molecule has 0 bridgehead atoms. The maximum absolute atomic E-state index is 9.91. The van der Waals surface area contributed by atoms with Crippen molar-refractivity contribution in [3.8, 4) is 0 Å². The van der Waals surface area contributed by atoms with E-state index in [0.29, 0.717) is 5.69 Å². The van der Waals surface area contributed by atoms with Crippen LogP contribution in [-0.2, 0) is 0 Å². The summed E-state index contributed by atoms with van der Waals surface area (Å²) in [7, 11) is 1.86. The molecule has 0 fully saturated rings. The first-order valence-corrected chi connectivity index (χ1v) is 5.09. The van der Waals surface area contributed by atoms with Gasteiger partial charge in [-0.15, -0.1) is 0 Å². The Labute approximate surface area is 90.3 Å². The molecule has 0 aliphatic heterocycles. The lowest BCUT2D eigenvalue weighted by Crippen LogP contribution is -2.31. The van der Waals surface area contributed by atoms with Crippen molar-refractivity contribution in [2.45, 2.75) is 18.6 Å². The summed E-state index contributed by atoms with van der Waals surface area (Å²) in [4.78, 5) is 0. The average molecular weight is 209 g/mol. The van der Waals surface area contributed by atoms with Crippen LogP contribution in [0.25, 0.3) is 0 Å². The molecule has 2 unspecified atom stereocenters. The smallest absolute Gasteiger partial charge is 0.0941 e. The fourth-order valence-corrected chi connectivity index (χ4v) is 1.41. The number of anilines is 1. The zero-order chi connectivity index (χ0) is 11.3. The fraction of sp³-hybridized carbons (Fsp3) is 0.455. The van der Waals surface area contributed by atoms with Crippen LogP contribution >= 0.6 is 0 Å². The monoisotopic (exact) mass is 209 g/mol. The van der Waals surface area contributed by atoms with Gasteiger partial charge in [0.25, 0.3) is 0 Å². The van der Waals surface area contributed by atoms with Gasteiger partial charge in [0.15, 0.2) is 0 Å². The number of rotatable bonds is 5.